The summed E-state index contributed by atoms with van der Waals surface area (Å²) in [6, 6.07) is 114. The molecule has 2 aliphatic heterocycles. The number of carbonyl (C=O) groups excluding carboxylic acids is 2. The van der Waals surface area contributed by atoms with Crippen molar-refractivity contribution in [2.45, 2.75) is 13.3 Å². The van der Waals surface area contributed by atoms with Gasteiger partial charge in [-0.3, -0.25) is 20.1 Å². The molecule has 0 aromatic heterocycles. The predicted molar refractivity (Wildman–Crippen MR) is 389 cm³/mol. The van der Waals surface area contributed by atoms with Crippen LogP contribution in [-0.4, -0.2) is 22.3 Å². The first-order valence-electron chi connectivity index (χ1n) is 30.8. The minimum atomic E-state index is -0.0368. The van der Waals surface area contributed by atoms with E-state index in [1.54, 1.807) is 0 Å². The Kier molecular flexibility index (Phi) is 18.0. The van der Waals surface area contributed by atoms with Gasteiger partial charge in [0.2, 0.25) is 0 Å². The average molecular weight is 1270 g/mol. The molecule has 2 aliphatic rings. The number of amides is 2. The molecule has 0 saturated heterocycles. The van der Waals surface area contributed by atoms with Gasteiger partial charge in [-0.2, -0.15) is 0 Å². The molecule has 9 heteroatoms. The van der Waals surface area contributed by atoms with E-state index < -0.39 is 0 Å². The number of aryl methyl sites for hydroxylation is 1. The van der Waals surface area contributed by atoms with Crippen LogP contribution in [0.1, 0.15) is 33.2 Å². The molecule has 0 atom stereocenters. The van der Waals surface area contributed by atoms with Crippen molar-refractivity contribution >= 4 is 94.8 Å². The van der Waals surface area contributed by atoms with E-state index in [1.807, 2.05) is 60.7 Å². The van der Waals surface area contributed by atoms with Crippen LogP contribution in [0.15, 0.2) is 332 Å². The molecule has 0 fully saturated rings. The van der Waals surface area contributed by atoms with Crippen molar-refractivity contribution in [1.29, 1.82) is 0 Å². The van der Waals surface area contributed by atoms with Gasteiger partial charge in [0.15, 0.2) is 0 Å². The SMILES string of the molecule is CCc1ccc(N(c2ccc(-c3ccccc3)cc2)c2ccc(-c3ccccc3)cc2)cc1.O=C1Nc2ccc(-c3ccc(N(c4ccc(-c5ccccc5)cc4)c4ccc(-c5ccccc5)cc4)cc3)c3cccc1c23.O=C1Nc2ccc(Br)c3cccc1c23.OO. The van der Waals surface area contributed by atoms with Crippen LogP contribution in [0, 0.1) is 0 Å². The van der Waals surface area contributed by atoms with Gasteiger partial charge in [0.1, 0.15) is 0 Å². The molecule has 0 unspecified atom stereocenters. The van der Waals surface area contributed by atoms with E-state index >= 15 is 0 Å². The number of hydrogen-bond donors (Lipinski definition) is 4. The molecule has 0 aliphatic carbocycles. The summed E-state index contributed by atoms with van der Waals surface area (Å²) in [5, 5.41) is 22.0. The van der Waals surface area contributed by atoms with Crippen molar-refractivity contribution in [3.05, 3.63) is 349 Å². The highest BCUT2D eigenvalue weighted by molar-refractivity contribution is 9.10. The highest BCUT2D eigenvalue weighted by Gasteiger charge is 2.24. The Morgan fingerprint density at radius 1 is 0.290 bits per heavy atom. The lowest BCUT2D eigenvalue weighted by atomic mass is 9.95. The van der Waals surface area contributed by atoms with E-state index in [0.717, 1.165) is 100 Å². The number of nitrogens with one attached hydrogen (secondary N) is 2. The molecule has 14 aromatic carbocycles. The molecule has 0 spiro atoms. The molecule has 0 bridgehead atoms. The number of rotatable bonds is 12. The summed E-state index contributed by atoms with van der Waals surface area (Å²) >= 11 is 3.47. The van der Waals surface area contributed by atoms with Gasteiger partial charge in [-0.25, -0.2) is 0 Å². The van der Waals surface area contributed by atoms with Crippen molar-refractivity contribution in [3.63, 3.8) is 0 Å². The largest absolute Gasteiger partial charge is 0.321 e. The molecule has 4 N–H and O–H groups in total. The van der Waals surface area contributed by atoms with Gasteiger partial charge < -0.3 is 20.4 Å². The van der Waals surface area contributed by atoms with Crippen LogP contribution in [0.25, 0.3) is 77.2 Å². The third-order valence-corrected chi connectivity index (χ3v) is 17.7. The van der Waals surface area contributed by atoms with E-state index in [1.165, 1.54) is 50.1 Å². The zero-order valence-corrected chi connectivity index (χ0v) is 52.5. The monoisotopic (exact) mass is 1270 g/mol. The van der Waals surface area contributed by atoms with Crippen LogP contribution >= 0.6 is 15.9 Å². The number of benzene rings is 14. The molecule has 0 radical (unpaired) electrons. The maximum Gasteiger partial charge on any atom is 0.256 e. The van der Waals surface area contributed by atoms with Crippen molar-refractivity contribution < 1.29 is 20.1 Å². The fourth-order valence-corrected chi connectivity index (χ4v) is 12.8. The topological polar surface area (TPSA) is 105 Å². The summed E-state index contributed by atoms with van der Waals surface area (Å²) in [5.41, 5.74) is 23.2. The third kappa shape index (κ3) is 12.9. The fourth-order valence-electron chi connectivity index (χ4n) is 12.3. The number of halogens is 1. The summed E-state index contributed by atoms with van der Waals surface area (Å²) in [7, 11) is 0. The lowest BCUT2D eigenvalue weighted by molar-refractivity contribution is -0.176. The molecule has 8 nitrogen and oxygen atoms in total. The van der Waals surface area contributed by atoms with E-state index in [-0.39, 0.29) is 11.8 Å². The van der Waals surface area contributed by atoms with Crippen LogP contribution in [0.4, 0.5) is 45.5 Å². The Balaban J connectivity index is 0.000000140. The van der Waals surface area contributed by atoms with Gasteiger partial charge in [-0.15, -0.1) is 0 Å². The minimum Gasteiger partial charge on any atom is -0.321 e. The van der Waals surface area contributed by atoms with E-state index in [2.05, 4.69) is 310 Å². The number of carbonyl (C=O) groups is 2. The fraction of sp³-hybridized carbons (Fsp3) is 0.0238. The molecule has 2 amide bonds. The standard InChI is InChI=1S/C41H28N2O.C32H27N.C11H6BrNO.H2O2/c44-41-38-13-7-12-37-36(26-27-39(42-41)40(37)38)32-18-24-35(25-19-32)43(33-20-14-30(15-21-33)28-8-3-1-4-9-28)34-22-16-31(17-23-34)29-10-5-2-6-11-29;1-2-25-13-19-30(20-14-25)33(31-21-15-28(16-22-31)26-9-5-3-6-10-26)32-23-17-29(18-24-32)27-11-7-4-8-12-27;12-8-4-5-9-10-6(8)2-1-3-7(10)11(14)13-9;1-2/h1-27H,(H,42,44);3-24H,2H2,1H3;1-5H,(H,13,14);1-2H. The Labute approximate surface area is 549 Å². The minimum absolute atomic E-state index is 0.0105. The second-order valence-electron chi connectivity index (χ2n) is 22.5. The first-order chi connectivity index (χ1) is 45.8. The Morgan fingerprint density at radius 2 is 0.581 bits per heavy atom. The van der Waals surface area contributed by atoms with Crippen molar-refractivity contribution in [2.24, 2.45) is 0 Å². The summed E-state index contributed by atoms with van der Waals surface area (Å²) in [6.45, 7) is 2.19. The second kappa shape index (κ2) is 27.7. The summed E-state index contributed by atoms with van der Waals surface area (Å²) in [6.07, 6.45) is 1.04. The Bertz CT molecular complexity index is 4740. The maximum absolute atomic E-state index is 12.5. The van der Waals surface area contributed by atoms with Gasteiger partial charge in [0, 0.05) is 71.9 Å². The molecule has 16 rings (SSSR count). The third-order valence-electron chi connectivity index (χ3n) is 17.0. The average Bonchev–Trinajstić information content (AvgIpc) is 1.69. The van der Waals surface area contributed by atoms with Gasteiger partial charge in [-0.1, -0.05) is 247 Å². The van der Waals surface area contributed by atoms with Crippen LogP contribution in [0.5, 0.6) is 0 Å². The predicted octanol–water partition coefficient (Wildman–Crippen LogP) is 23.1. The van der Waals surface area contributed by atoms with Crippen LogP contribution in [-0.2, 0) is 6.42 Å². The summed E-state index contributed by atoms with van der Waals surface area (Å²) in [5.74, 6) is -0.0472. The number of nitrogens with zero attached hydrogens (tertiary/aromatic N) is 2. The smallest absolute Gasteiger partial charge is 0.256 e. The van der Waals surface area contributed by atoms with Gasteiger partial charge >= 0.3 is 0 Å². The van der Waals surface area contributed by atoms with Gasteiger partial charge in [0.05, 0.1) is 0 Å². The highest BCUT2D eigenvalue weighted by atomic mass is 79.9. The van der Waals surface area contributed by atoms with Crippen molar-refractivity contribution in [3.8, 4) is 55.6 Å². The van der Waals surface area contributed by atoms with E-state index in [4.69, 9.17) is 10.5 Å². The molecule has 14 aromatic rings. The molecule has 450 valence electrons. The molecule has 0 saturated carbocycles. The second-order valence-corrected chi connectivity index (χ2v) is 23.4. The van der Waals surface area contributed by atoms with Gasteiger partial charge in [0.25, 0.3) is 11.8 Å². The Hall–Kier alpha value is -11.5. The van der Waals surface area contributed by atoms with E-state index in [9.17, 15) is 9.59 Å². The normalized spacial score (nSPS) is 11.5. The quantitative estimate of drug-likeness (QED) is 0.0718. The molecular formula is C84H63BrN4O4. The molecule has 2 heterocycles. The van der Waals surface area contributed by atoms with E-state index in [0.29, 0.717) is 0 Å². The van der Waals surface area contributed by atoms with Crippen molar-refractivity contribution in [2.75, 3.05) is 20.4 Å². The van der Waals surface area contributed by atoms with Crippen LogP contribution in [0.3, 0.4) is 0 Å². The van der Waals surface area contributed by atoms with Crippen LogP contribution in [0.2, 0.25) is 0 Å². The lowest BCUT2D eigenvalue weighted by Crippen LogP contribution is -2.09. The van der Waals surface area contributed by atoms with Crippen LogP contribution < -0.4 is 20.4 Å². The van der Waals surface area contributed by atoms with Gasteiger partial charge in [-0.05, 0) is 182 Å². The lowest BCUT2D eigenvalue weighted by Gasteiger charge is -2.26. The summed E-state index contributed by atoms with van der Waals surface area (Å²) in [4.78, 5) is 28.6. The zero-order chi connectivity index (χ0) is 63.6. The first-order valence-corrected chi connectivity index (χ1v) is 31.6. The Morgan fingerprint density at radius 3 is 0.925 bits per heavy atom. The zero-order valence-electron chi connectivity index (χ0n) is 50.9. The highest BCUT2D eigenvalue weighted by Crippen LogP contribution is 2.43. The molecular weight excluding hydrogens is 1210 g/mol. The maximum atomic E-state index is 12.5. The molecule has 93 heavy (non-hydrogen) atoms. The first kappa shape index (κ1) is 60.5. The summed E-state index contributed by atoms with van der Waals surface area (Å²) < 4.78 is 1.02. The number of hydrogen-bond acceptors (Lipinski definition) is 6. The van der Waals surface area contributed by atoms with Crippen molar-refractivity contribution in [1.82, 2.24) is 0 Å². The number of anilines is 8.